The summed E-state index contributed by atoms with van der Waals surface area (Å²) in [5, 5.41) is 0. The van der Waals surface area contributed by atoms with Crippen molar-refractivity contribution in [3.05, 3.63) is 34.6 Å². The molecule has 0 bridgehead atoms. The van der Waals surface area contributed by atoms with E-state index in [4.69, 9.17) is 13.9 Å². The van der Waals surface area contributed by atoms with Crippen molar-refractivity contribution in [2.45, 2.75) is 118 Å². The minimum absolute atomic E-state index is 0.0605. The van der Waals surface area contributed by atoms with Crippen molar-refractivity contribution in [2.75, 3.05) is 6.61 Å². The number of ether oxygens (including phenoxy) is 2. The molecule has 0 unspecified atom stereocenters. The average molecular weight is 474 g/mol. The second-order valence-electron chi connectivity index (χ2n) is 12.3. The highest BCUT2D eigenvalue weighted by Crippen LogP contribution is 2.60. The van der Waals surface area contributed by atoms with Crippen molar-refractivity contribution >= 4 is 8.32 Å². The van der Waals surface area contributed by atoms with Gasteiger partial charge in [0.15, 0.2) is 5.79 Å². The fourth-order valence-electron chi connectivity index (χ4n) is 6.95. The van der Waals surface area contributed by atoms with Gasteiger partial charge in [0.25, 0.3) is 0 Å². The maximum absolute atomic E-state index is 9.36. The Bertz CT molecular complexity index is 904. The highest BCUT2D eigenvalue weighted by atomic mass is 28.4. The SMILES string of the molecule is [2H]C1=C(O[Si](CC)(CC)CC)C2=CC3=C4COC(C)(C)O[C@@H]4CC[C@@]3(C)CC[C@]2(C)[C@H]1C(C)C. The zero-order valence-corrected chi connectivity index (χ0v) is 23.7. The summed E-state index contributed by atoms with van der Waals surface area (Å²) >= 11 is 0. The molecule has 1 heterocycles. The smallest absolute Gasteiger partial charge is 0.250 e. The van der Waals surface area contributed by atoms with Crippen molar-refractivity contribution in [1.82, 2.24) is 0 Å². The van der Waals surface area contributed by atoms with Gasteiger partial charge in [-0.2, -0.15) is 0 Å². The number of fused-ring (bicyclic) bond motifs is 3. The largest absolute Gasteiger partial charge is 0.544 e. The predicted molar refractivity (Wildman–Crippen MR) is 139 cm³/mol. The van der Waals surface area contributed by atoms with E-state index in [1.165, 1.54) is 16.7 Å². The second kappa shape index (κ2) is 8.67. The van der Waals surface area contributed by atoms with E-state index < -0.39 is 14.1 Å². The Morgan fingerprint density at radius 1 is 1.09 bits per heavy atom. The molecule has 0 saturated carbocycles. The maximum Gasteiger partial charge on any atom is 0.250 e. The number of hydrogen-bond acceptors (Lipinski definition) is 3. The first-order valence-corrected chi connectivity index (χ1v) is 16.1. The van der Waals surface area contributed by atoms with Crippen molar-refractivity contribution < 1.29 is 15.3 Å². The zero-order chi connectivity index (χ0) is 25.1. The summed E-state index contributed by atoms with van der Waals surface area (Å²) in [6, 6.07) is 4.03. The van der Waals surface area contributed by atoms with Crippen LogP contribution in [-0.4, -0.2) is 26.8 Å². The summed E-state index contributed by atoms with van der Waals surface area (Å²) in [4.78, 5) is 0. The van der Waals surface area contributed by atoms with E-state index in [-0.39, 0.29) is 22.9 Å². The lowest BCUT2D eigenvalue weighted by molar-refractivity contribution is -0.255. The minimum Gasteiger partial charge on any atom is -0.544 e. The molecule has 3 nitrogen and oxygen atoms in total. The molecule has 33 heavy (non-hydrogen) atoms. The van der Waals surface area contributed by atoms with Crippen LogP contribution in [0.5, 0.6) is 0 Å². The van der Waals surface area contributed by atoms with Crippen LogP contribution >= 0.6 is 0 Å². The third-order valence-corrected chi connectivity index (χ3v) is 14.1. The van der Waals surface area contributed by atoms with Gasteiger partial charge in [-0.05, 0) is 97.7 Å². The van der Waals surface area contributed by atoms with E-state index in [0.717, 1.165) is 55.6 Å². The van der Waals surface area contributed by atoms with Crippen LogP contribution in [0, 0.1) is 22.7 Å². The van der Waals surface area contributed by atoms with E-state index in [1.54, 1.807) is 0 Å². The molecule has 4 aliphatic rings. The van der Waals surface area contributed by atoms with Crippen molar-refractivity contribution in [3.63, 3.8) is 0 Å². The third kappa shape index (κ3) is 4.23. The molecule has 0 aromatic rings. The molecule has 0 radical (unpaired) electrons. The molecule has 0 amide bonds. The standard InChI is InChI=1S/C29H48O3Si/c1-10-33(11-2,12-3)32-26-18-22(20(4)5)29(9)16-15-28(8)14-13-25-21(23(28)17-24(26)29)19-30-27(6,7)31-25/h17-18,20,22,25H,10-16,19H2,1-9H3/t22-,25-,28+,29-/m1/s1/i18D. The van der Waals surface area contributed by atoms with Crippen molar-refractivity contribution in [2.24, 2.45) is 22.7 Å². The van der Waals surface area contributed by atoms with Crippen LogP contribution in [0.1, 0.15) is 89.4 Å². The quantitative estimate of drug-likeness (QED) is 0.364. The molecule has 0 N–H and O–H groups in total. The van der Waals surface area contributed by atoms with E-state index in [9.17, 15) is 1.37 Å². The summed E-state index contributed by atoms with van der Waals surface area (Å²) in [5.74, 6) is 1.01. The lowest BCUT2D eigenvalue weighted by Crippen LogP contribution is -2.45. The van der Waals surface area contributed by atoms with Gasteiger partial charge < -0.3 is 13.9 Å². The molecular formula is C29H48O3Si. The van der Waals surface area contributed by atoms with Gasteiger partial charge in [-0.1, -0.05) is 54.5 Å². The number of hydrogen-bond donors (Lipinski definition) is 0. The van der Waals surface area contributed by atoms with Crippen LogP contribution in [0.2, 0.25) is 18.1 Å². The lowest BCUT2D eigenvalue weighted by atomic mass is 9.65. The fourth-order valence-corrected chi connectivity index (χ4v) is 9.49. The Hall–Kier alpha value is -0.843. The molecule has 4 heteroatoms. The molecule has 0 aromatic heterocycles. The predicted octanol–water partition coefficient (Wildman–Crippen LogP) is 8.15. The normalized spacial score (nSPS) is 36.7. The third-order valence-electron chi connectivity index (χ3n) is 9.58. The Morgan fingerprint density at radius 3 is 2.36 bits per heavy atom. The molecule has 4 rings (SSSR count). The van der Waals surface area contributed by atoms with Crippen LogP contribution in [0.4, 0.5) is 0 Å². The minimum atomic E-state index is -1.91. The molecule has 186 valence electrons. The molecule has 3 aliphatic carbocycles. The van der Waals surface area contributed by atoms with Gasteiger partial charge in [-0.25, -0.2) is 0 Å². The van der Waals surface area contributed by atoms with Crippen molar-refractivity contribution in [1.29, 1.82) is 0 Å². The molecule has 0 aromatic carbocycles. The van der Waals surface area contributed by atoms with Gasteiger partial charge in [0.1, 0.15) is 5.76 Å². The van der Waals surface area contributed by atoms with Gasteiger partial charge >= 0.3 is 0 Å². The first-order chi connectivity index (χ1) is 15.9. The topological polar surface area (TPSA) is 27.7 Å². The summed E-state index contributed by atoms with van der Waals surface area (Å²) in [6.45, 7) is 21.0. The Kier molecular flexibility index (Phi) is 6.28. The molecule has 4 atom stereocenters. The van der Waals surface area contributed by atoms with Crippen LogP contribution < -0.4 is 0 Å². The van der Waals surface area contributed by atoms with E-state index >= 15 is 0 Å². The number of allylic oxidation sites excluding steroid dienone is 4. The van der Waals surface area contributed by atoms with Gasteiger partial charge in [0.2, 0.25) is 8.32 Å². The van der Waals surface area contributed by atoms with Gasteiger partial charge in [0, 0.05) is 5.41 Å². The van der Waals surface area contributed by atoms with Crippen molar-refractivity contribution in [3.8, 4) is 0 Å². The second-order valence-corrected chi connectivity index (χ2v) is 17.0. The van der Waals surface area contributed by atoms with Gasteiger partial charge in [-0.3, -0.25) is 0 Å². The average Bonchev–Trinajstić information content (AvgIpc) is 2.90. The van der Waals surface area contributed by atoms with Crippen LogP contribution in [0.3, 0.4) is 0 Å². The first kappa shape index (κ1) is 23.9. The Morgan fingerprint density at radius 2 is 1.76 bits per heavy atom. The van der Waals surface area contributed by atoms with Crippen LogP contribution in [-0.2, 0) is 13.9 Å². The van der Waals surface area contributed by atoms with Crippen LogP contribution in [0.15, 0.2) is 34.6 Å². The highest BCUT2D eigenvalue weighted by Gasteiger charge is 2.52. The first-order valence-electron chi connectivity index (χ1n) is 14.0. The Labute approximate surface area is 205 Å². The summed E-state index contributed by atoms with van der Waals surface area (Å²) in [5.41, 5.74) is 4.10. The summed E-state index contributed by atoms with van der Waals surface area (Å²) < 4.78 is 29.0. The summed E-state index contributed by atoms with van der Waals surface area (Å²) in [6.07, 6.45) is 7.04. The maximum atomic E-state index is 9.36. The zero-order valence-electron chi connectivity index (χ0n) is 23.7. The van der Waals surface area contributed by atoms with E-state index in [0.29, 0.717) is 12.5 Å². The molecule has 1 fully saturated rings. The highest BCUT2D eigenvalue weighted by molar-refractivity contribution is 6.73. The Balaban J connectivity index is 1.89. The molecule has 0 spiro atoms. The van der Waals surface area contributed by atoms with Gasteiger partial charge in [-0.15, -0.1) is 0 Å². The van der Waals surface area contributed by atoms with Crippen LogP contribution in [0.25, 0.3) is 0 Å². The number of rotatable bonds is 6. The molecular weight excluding hydrogens is 424 g/mol. The lowest BCUT2D eigenvalue weighted by Gasteiger charge is -2.46. The summed E-state index contributed by atoms with van der Waals surface area (Å²) in [7, 11) is -1.91. The van der Waals surface area contributed by atoms with E-state index in [1.807, 2.05) is 13.8 Å². The van der Waals surface area contributed by atoms with Gasteiger partial charge in [0.05, 0.1) is 14.1 Å². The monoisotopic (exact) mass is 473 g/mol. The fraction of sp³-hybridized carbons (Fsp3) is 0.793. The van der Waals surface area contributed by atoms with E-state index in [2.05, 4.69) is 54.5 Å². The molecule has 1 aliphatic heterocycles. The molecule has 1 saturated heterocycles.